The fourth-order valence-corrected chi connectivity index (χ4v) is 3.67. The molecule has 10 heteroatoms. The second-order valence-corrected chi connectivity index (χ2v) is 7.09. The minimum absolute atomic E-state index is 0.314. The van der Waals surface area contributed by atoms with Gasteiger partial charge in [0, 0.05) is 42.1 Å². The maximum Gasteiger partial charge on any atom is 0.409 e. The zero-order valence-corrected chi connectivity index (χ0v) is 16.3. The minimum Gasteiger partial charge on any atom is -0.453 e. The lowest BCUT2D eigenvalue weighted by Crippen LogP contribution is -2.34. The molecule has 4 heterocycles. The Hall–Kier alpha value is -3.27. The molecule has 0 unspecified atom stereocenters. The lowest BCUT2D eigenvalue weighted by molar-refractivity contribution is 0.128. The largest absolute Gasteiger partial charge is 0.453 e. The van der Waals surface area contributed by atoms with Crippen molar-refractivity contribution in [2.75, 3.05) is 25.5 Å². The maximum absolute atomic E-state index is 11.6. The highest BCUT2D eigenvalue weighted by Gasteiger charge is 2.22. The third-order valence-electron chi connectivity index (χ3n) is 4.38. The molecule has 0 aromatic carbocycles. The summed E-state index contributed by atoms with van der Waals surface area (Å²) < 4.78 is 4.78. The first-order valence-corrected chi connectivity index (χ1v) is 9.60. The molecule has 0 saturated carbocycles. The van der Waals surface area contributed by atoms with Crippen LogP contribution in [0.25, 0.3) is 16.8 Å². The molecule has 2 N–H and O–H groups in total. The Kier molecular flexibility index (Phi) is 5.02. The Morgan fingerprint density at radius 2 is 2.29 bits per heavy atom. The number of nitrogens with zero attached hydrogens (tertiary/aromatic N) is 5. The van der Waals surface area contributed by atoms with Crippen molar-refractivity contribution in [2.45, 2.75) is 13.3 Å². The summed E-state index contributed by atoms with van der Waals surface area (Å²) in [5.74, 6) is 0.520. The molecule has 0 saturated heterocycles. The van der Waals surface area contributed by atoms with E-state index in [0.717, 1.165) is 28.2 Å². The standard InChI is InChI=1S/C18H19N7O2S/c1-11-3-6-19-16(21-11)23-17-22-14(10-28-17)13-9-20-24-15(13)12-4-7-25(8-5-12)18(26)27-2/h3-4,6,9-10H,5,7-8H2,1-2H3,(H,20,24)(H,19,21,22,23). The van der Waals surface area contributed by atoms with Gasteiger partial charge < -0.3 is 15.0 Å². The molecule has 1 aliphatic rings. The maximum atomic E-state index is 11.6. The van der Waals surface area contributed by atoms with Gasteiger partial charge in [-0.25, -0.2) is 19.7 Å². The second kappa shape index (κ2) is 7.77. The molecule has 0 bridgehead atoms. The van der Waals surface area contributed by atoms with E-state index in [4.69, 9.17) is 4.74 Å². The lowest BCUT2D eigenvalue weighted by atomic mass is 10.0. The molecule has 28 heavy (non-hydrogen) atoms. The number of methoxy groups -OCH3 is 1. The highest BCUT2D eigenvalue weighted by Crippen LogP contribution is 2.32. The van der Waals surface area contributed by atoms with Crippen molar-refractivity contribution < 1.29 is 9.53 Å². The quantitative estimate of drug-likeness (QED) is 0.695. The number of aryl methyl sites for hydroxylation is 1. The summed E-state index contributed by atoms with van der Waals surface area (Å²) in [6, 6.07) is 1.84. The van der Waals surface area contributed by atoms with Crippen LogP contribution in [0.4, 0.5) is 15.9 Å². The Balaban J connectivity index is 1.53. The van der Waals surface area contributed by atoms with Crippen molar-refractivity contribution in [3.63, 3.8) is 0 Å². The lowest BCUT2D eigenvalue weighted by Gasteiger charge is -2.24. The van der Waals surface area contributed by atoms with Crippen LogP contribution >= 0.6 is 11.3 Å². The van der Waals surface area contributed by atoms with Gasteiger partial charge in [-0.1, -0.05) is 6.08 Å². The number of amides is 1. The van der Waals surface area contributed by atoms with Crippen molar-refractivity contribution in [3.05, 3.63) is 41.3 Å². The molecule has 144 valence electrons. The van der Waals surface area contributed by atoms with Crippen LogP contribution in [-0.4, -0.2) is 56.3 Å². The van der Waals surface area contributed by atoms with Gasteiger partial charge in [0.05, 0.1) is 18.5 Å². The van der Waals surface area contributed by atoms with Gasteiger partial charge in [0.1, 0.15) is 0 Å². The Bertz CT molecular complexity index is 1030. The van der Waals surface area contributed by atoms with Crippen molar-refractivity contribution in [1.82, 2.24) is 30.0 Å². The zero-order chi connectivity index (χ0) is 19.5. The number of aromatic amines is 1. The summed E-state index contributed by atoms with van der Waals surface area (Å²) in [6.45, 7) is 3.01. The van der Waals surface area contributed by atoms with Crippen molar-refractivity contribution >= 4 is 34.1 Å². The van der Waals surface area contributed by atoms with Crippen LogP contribution in [0.5, 0.6) is 0 Å². The van der Waals surface area contributed by atoms with Gasteiger partial charge in [-0.3, -0.25) is 5.10 Å². The van der Waals surface area contributed by atoms with Gasteiger partial charge in [-0.05, 0) is 25.0 Å². The second-order valence-electron chi connectivity index (χ2n) is 6.23. The smallest absolute Gasteiger partial charge is 0.409 e. The first kappa shape index (κ1) is 18.1. The van der Waals surface area contributed by atoms with Crippen molar-refractivity contribution in [3.8, 4) is 11.3 Å². The van der Waals surface area contributed by atoms with E-state index in [1.807, 2.05) is 30.6 Å². The number of nitrogens with one attached hydrogen (secondary N) is 2. The number of anilines is 2. The van der Waals surface area contributed by atoms with Gasteiger partial charge in [0.25, 0.3) is 0 Å². The van der Waals surface area contributed by atoms with E-state index >= 15 is 0 Å². The molecule has 1 amide bonds. The summed E-state index contributed by atoms with van der Waals surface area (Å²) >= 11 is 1.48. The van der Waals surface area contributed by atoms with Gasteiger partial charge in [0.2, 0.25) is 5.95 Å². The fraction of sp³-hybridized carbons (Fsp3) is 0.278. The summed E-state index contributed by atoms with van der Waals surface area (Å²) in [4.78, 5) is 26.5. The Morgan fingerprint density at radius 1 is 1.39 bits per heavy atom. The predicted octanol–water partition coefficient (Wildman–Crippen LogP) is 3.23. The summed E-state index contributed by atoms with van der Waals surface area (Å²) in [6.07, 6.45) is 5.95. The van der Waals surface area contributed by atoms with E-state index in [9.17, 15) is 4.79 Å². The minimum atomic E-state index is -0.314. The average Bonchev–Trinajstić information content (AvgIpc) is 3.37. The van der Waals surface area contributed by atoms with Crippen LogP contribution in [0.3, 0.4) is 0 Å². The number of carbonyl (C=O) groups excluding carboxylic acids is 1. The highest BCUT2D eigenvalue weighted by molar-refractivity contribution is 7.14. The van der Waals surface area contributed by atoms with E-state index in [-0.39, 0.29) is 6.09 Å². The van der Waals surface area contributed by atoms with Crippen LogP contribution in [0.2, 0.25) is 0 Å². The molecule has 1 aliphatic heterocycles. The Labute approximate surface area is 165 Å². The molecular weight excluding hydrogens is 378 g/mol. The molecule has 9 nitrogen and oxygen atoms in total. The van der Waals surface area contributed by atoms with E-state index in [1.165, 1.54) is 18.4 Å². The van der Waals surface area contributed by atoms with E-state index < -0.39 is 0 Å². The number of thiazole rings is 1. The SMILES string of the molecule is COC(=O)N1CC=C(c2n[nH]cc2-c2csc(Nc3nccc(C)n3)n2)CC1. The zero-order valence-electron chi connectivity index (χ0n) is 15.5. The topological polar surface area (TPSA) is 109 Å². The summed E-state index contributed by atoms with van der Waals surface area (Å²) in [5, 5.41) is 13.1. The molecule has 0 atom stereocenters. The molecule has 3 aromatic rings. The van der Waals surface area contributed by atoms with Crippen LogP contribution < -0.4 is 5.32 Å². The Morgan fingerprint density at radius 3 is 3.04 bits per heavy atom. The van der Waals surface area contributed by atoms with Crippen molar-refractivity contribution in [2.24, 2.45) is 0 Å². The van der Waals surface area contributed by atoms with Gasteiger partial charge in [-0.2, -0.15) is 5.10 Å². The third kappa shape index (κ3) is 3.72. The predicted molar refractivity (Wildman–Crippen MR) is 106 cm³/mol. The van der Waals surface area contributed by atoms with E-state index in [2.05, 4.69) is 30.5 Å². The molecule has 3 aromatic heterocycles. The molecule has 4 rings (SSSR count). The molecule has 0 aliphatic carbocycles. The molecular formula is C18H19N7O2S. The van der Waals surface area contributed by atoms with E-state index in [0.29, 0.717) is 30.6 Å². The number of carbonyl (C=O) groups is 1. The molecule has 0 fully saturated rings. The number of ether oxygens (including phenoxy) is 1. The number of rotatable bonds is 4. The van der Waals surface area contributed by atoms with Crippen LogP contribution in [0.15, 0.2) is 29.9 Å². The summed E-state index contributed by atoms with van der Waals surface area (Å²) in [7, 11) is 1.39. The van der Waals surface area contributed by atoms with Gasteiger partial charge >= 0.3 is 6.09 Å². The molecule has 0 radical (unpaired) electrons. The fourth-order valence-electron chi connectivity index (χ4n) is 2.97. The highest BCUT2D eigenvalue weighted by atomic mass is 32.1. The first-order chi connectivity index (χ1) is 13.6. The van der Waals surface area contributed by atoms with Crippen LogP contribution in [0, 0.1) is 6.92 Å². The van der Waals surface area contributed by atoms with Crippen LogP contribution in [0.1, 0.15) is 17.8 Å². The number of hydrogen-bond donors (Lipinski definition) is 2. The van der Waals surface area contributed by atoms with Gasteiger partial charge in [0.15, 0.2) is 5.13 Å². The number of hydrogen-bond acceptors (Lipinski definition) is 8. The van der Waals surface area contributed by atoms with Crippen molar-refractivity contribution in [1.29, 1.82) is 0 Å². The average molecular weight is 397 g/mol. The number of aromatic nitrogens is 5. The summed E-state index contributed by atoms with van der Waals surface area (Å²) in [5.41, 5.74) is 4.57. The third-order valence-corrected chi connectivity index (χ3v) is 5.14. The van der Waals surface area contributed by atoms with Gasteiger partial charge in [-0.15, -0.1) is 11.3 Å². The molecule has 0 spiro atoms. The van der Waals surface area contributed by atoms with E-state index in [1.54, 1.807) is 11.1 Å². The normalized spacial score (nSPS) is 13.9. The monoisotopic (exact) mass is 397 g/mol. The number of H-pyrrole nitrogens is 1. The van der Waals surface area contributed by atoms with Crippen LogP contribution in [-0.2, 0) is 4.74 Å². The first-order valence-electron chi connectivity index (χ1n) is 8.72.